The molecule has 1 unspecified atom stereocenters. The fourth-order valence-electron chi connectivity index (χ4n) is 1.44. The van der Waals surface area contributed by atoms with Crippen LogP contribution in [0.1, 0.15) is 26.2 Å². The first kappa shape index (κ1) is 12.7. The number of likely N-dealkylation sites (tertiary alicyclic amines) is 1. The Labute approximate surface area is 96.0 Å². The first-order chi connectivity index (χ1) is 7.41. The summed E-state index contributed by atoms with van der Waals surface area (Å²) in [6, 6.07) is 0. The Kier molecular flexibility index (Phi) is 4.05. The van der Waals surface area contributed by atoms with Crippen LogP contribution in [0.2, 0.25) is 0 Å². The maximum Gasteiger partial charge on any atom is 0.306 e. The summed E-state index contributed by atoms with van der Waals surface area (Å²) in [4.78, 5) is 45.2. The fraction of sp³-hybridized carbons (Fsp3) is 0.556. The number of carboxylic acid groups (broad SMARTS) is 1. The minimum absolute atomic E-state index is 0.0907. The molecule has 1 rings (SSSR count). The lowest BCUT2D eigenvalue weighted by atomic mass is 10.4. The van der Waals surface area contributed by atoms with Crippen molar-refractivity contribution in [3.63, 3.8) is 0 Å². The molecule has 88 valence electrons. The molecule has 1 saturated heterocycles. The quantitative estimate of drug-likeness (QED) is 0.712. The van der Waals surface area contributed by atoms with Crippen molar-refractivity contribution in [3.8, 4) is 0 Å². The molecule has 16 heavy (non-hydrogen) atoms. The normalized spacial score (nSPS) is 17.7. The highest BCUT2D eigenvalue weighted by atomic mass is 32.2. The topological polar surface area (TPSA) is 91.8 Å². The van der Waals surface area contributed by atoms with Gasteiger partial charge in [-0.1, -0.05) is 11.8 Å². The van der Waals surface area contributed by atoms with E-state index in [0.29, 0.717) is 11.8 Å². The standard InChI is InChI=1S/C9H11NO5S/c1-5(11)16-8(4-9(14)15)10-6(12)2-3-7(10)13/h8H,2-4H2,1H3,(H,14,15). The Bertz CT molecular complexity index is 322. The van der Waals surface area contributed by atoms with Crippen LogP contribution in [-0.2, 0) is 19.2 Å². The number of carboxylic acids is 1. The summed E-state index contributed by atoms with van der Waals surface area (Å²) in [5, 5.41) is 7.42. The zero-order valence-electron chi connectivity index (χ0n) is 8.63. The molecular formula is C9H11NO5S. The molecule has 1 atom stereocenters. The number of carbonyl (C=O) groups excluding carboxylic acids is 3. The summed E-state index contributed by atoms with van der Waals surface area (Å²) in [5.41, 5.74) is 0. The fourth-order valence-corrected chi connectivity index (χ4v) is 2.39. The summed E-state index contributed by atoms with van der Waals surface area (Å²) in [5.74, 6) is -1.97. The molecule has 1 aliphatic heterocycles. The van der Waals surface area contributed by atoms with Gasteiger partial charge in [-0.05, 0) is 0 Å². The van der Waals surface area contributed by atoms with E-state index >= 15 is 0 Å². The number of rotatable bonds is 4. The van der Waals surface area contributed by atoms with Gasteiger partial charge in [0.15, 0.2) is 5.12 Å². The van der Waals surface area contributed by atoms with Crippen molar-refractivity contribution < 1.29 is 24.3 Å². The van der Waals surface area contributed by atoms with Gasteiger partial charge in [0, 0.05) is 19.8 Å². The van der Waals surface area contributed by atoms with E-state index in [0.717, 1.165) is 4.90 Å². The van der Waals surface area contributed by atoms with Gasteiger partial charge in [0.25, 0.3) is 0 Å². The molecule has 1 heterocycles. The molecule has 1 fully saturated rings. The lowest BCUT2D eigenvalue weighted by Gasteiger charge is -2.22. The van der Waals surface area contributed by atoms with Crippen molar-refractivity contribution in [2.45, 2.75) is 31.6 Å². The van der Waals surface area contributed by atoms with Gasteiger partial charge in [0.05, 0.1) is 6.42 Å². The summed E-state index contributed by atoms with van der Waals surface area (Å²) < 4.78 is 0. The molecule has 0 aromatic heterocycles. The number of nitrogens with zero attached hydrogens (tertiary/aromatic N) is 1. The van der Waals surface area contributed by atoms with Gasteiger partial charge in [0.2, 0.25) is 11.8 Å². The van der Waals surface area contributed by atoms with Crippen LogP contribution in [0.5, 0.6) is 0 Å². The SMILES string of the molecule is CC(=O)SC(CC(=O)O)N1C(=O)CCC1=O. The van der Waals surface area contributed by atoms with Crippen LogP contribution >= 0.6 is 11.8 Å². The van der Waals surface area contributed by atoms with Crippen molar-refractivity contribution >= 4 is 34.7 Å². The number of hydrogen-bond donors (Lipinski definition) is 1. The Balaban J connectivity index is 2.81. The second kappa shape index (κ2) is 5.11. The van der Waals surface area contributed by atoms with E-state index in [9.17, 15) is 19.2 Å². The highest BCUT2D eigenvalue weighted by Crippen LogP contribution is 2.26. The monoisotopic (exact) mass is 245 g/mol. The molecule has 0 aliphatic carbocycles. The molecule has 0 radical (unpaired) electrons. The van der Waals surface area contributed by atoms with Gasteiger partial charge in [-0.15, -0.1) is 0 Å². The Hall–Kier alpha value is -1.37. The molecule has 1 aliphatic rings. The van der Waals surface area contributed by atoms with E-state index in [4.69, 9.17) is 5.11 Å². The van der Waals surface area contributed by atoms with E-state index < -0.39 is 29.6 Å². The zero-order chi connectivity index (χ0) is 12.3. The predicted octanol–water partition coefficient (Wildman–Crippen LogP) is 0.216. The third kappa shape index (κ3) is 3.06. The first-order valence-electron chi connectivity index (χ1n) is 4.65. The van der Waals surface area contributed by atoms with Crippen LogP contribution in [0.15, 0.2) is 0 Å². The number of aliphatic carboxylic acids is 1. The summed E-state index contributed by atoms with van der Waals surface area (Å²) in [6.07, 6.45) is -0.234. The van der Waals surface area contributed by atoms with E-state index in [2.05, 4.69) is 0 Å². The van der Waals surface area contributed by atoms with Crippen molar-refractivity contribution in [2.24, 2.45) is 0 Å². The average Bonchev–Trinajstić information content (AvgIpc) is 2.43. The highest BCUT2D eigenvalue weighted by molar-refractivity contribution is 8.14. The molecule has 0 aromatic rings. The number of imide groups is 1. The number of carbonyl (C=O) groups is 4. The predicted molar refractivity (Wildman–Crippen MR) is 55.4 cm³/mol. The molecule has 0 saturated carbocycles. The van der Waals surface area contributed by atoms with Crippen LogP contribution in [0, 0.1) is 0 Å². The molecule has 7 heteroatoms. The number of thioether (sulfide) groups is 1. The minimum Gasteiger partial charge on any atom is -0.481 e. The Morgan fingerprint density at radius 2 is 1.88 bits per heavy atom. The Morgan fingerprint density at radius 1 is 1.38 bits per heavy atom. The molecule has 6 nitrogen and oxygen atoms in total. The minimum atomic E-state index is -1.15. The molecule has 2 amide bonds. The largest absolute Gasteiger partial charge is 0.481 e. The zero-order valence-corrected chi connectivity index (χ0v) is 9.45. The van der Waals surface area contributed by atoms with Gasteiger partial charge in [-0.25, -0.2) is 0 Å². The summed E-state index contributed by atoms with van der Waals surface area (Å²) >= 11 is 0.697. The van der Waals surface area contributed by atoms with Crippen molar-refractivity contribution in [1.82, 2.24) is 4.90 Å². The van der Waals surface area contributed by atoms with Crippen molar-refractivity contribution in [1.29, 1.82) is 0 Å². The van der Waals surface area contributed by atoms with Gasteiger partial charge in [-0.2, -0.15) is 0 Å². The molecular weight excluding hydrogens is 234 g/mol. The van der Waals surface area contributed by atoms with Crippen LogP contribution in [0.4, 0.5) is 0 Å². The smallest absolute Gasteiger partial charge is 0.306 e. The van der Waals surface area contributed by atoms with Crippen LogP contribution in [0.25, 0.3) is 0 Å². The third-order valence-corrected chi connectivity index (χ3v) is 3.01. The molecule has 0 aromatic carbocycles. The first-order valence-corrected chi connectivity index (χ1v) is 5.53. The third-order valence-electron chi connectivity index (χ3n) is 2.03. The lowest BCUT2D eigenvalue weighted by Crippen LogP contribution is -2.39. The van der Waals surface area contributed by atoms with E-state index in [-0.39, 0.29) is 18.0 Å². The Morgan fingerprint density at radius 3 is 2.25 bits per heavy atom. The second-order valence-corrected chi connectivity index (χ2v) is 4.67. The second-order valence-electron chi connectivity index (χ2n) is 3.32. The molecule has 1 N–H and O–H groups in total. The maximum atomic E-state index is 11.4. The number of hydrogen-bond acceptors (Lipinski definition) is 5. The molecule has 0 bridgehead atoms. The number of amides is 2. The van der Waals surface area contributed by atoms with Crippen molar-refractivity contribution in [3.05, 3.63) is 0 Å². The lowest BCUT2D eigenvalue weighted by molar-refractivity contribution is -0.141. The molecule has 0 spiro atoms. The van der Waals surface area contributed by atoms with E-state index in [1.54, 1.807) is 0 Å². The van der Waals surface area contributed by atoms with Gasteiger partial charge in [0.1, 0.15) is 5.37 Å². The van der Waals surface area contributed by atoms with Crippen LogP contribution in [0.3, 0.4) is 0 Å². The maximum absolute atomic E-state index is 11.4. The van der Waals surface area contributed by atoms with Gasteiger partial charge in [-0.3, -0.25) is 24.1 Å². The van der Waals surface area contributed by atoms with Gasteiger partial charge < -0.3 is 5.11 Å². The van der Waals surface area contributed by atoms with Crippen LogP contribution < -0.4 is 0 Å². The average molecular weight is 245 g/mol. The highest BCUT2D eigenvalue weighted by Gasteiger charge is 2.37. The van der Waals surface area contributed by atoms with E-state index in [1.165, 1.54) is 6.92 Å². The van der Waals surface area contributed by atoms with Crippen LogP contribution in [-0.4, -0.2) is 38.3 Å². The van der Waals surface area contributed by atoms with Gasteiger partial charge >= 0.3 is 5.97 Å². The summed E-state index contributed by atoms with van der Waals surface area (Å²) in [7, 11) is 0. The van der Waals surface area contributed by atoms with E-state index in [1.807, 2.05) is 0 Å². The van der Waals surface area contributed by atoms with Crippen molar-refractivity contribution in [2.75, 3.05) is 0 Å². The summed E-state index contributed by atoms with van der Waals surface area (Å²) in [6.45, 7) is 1.27.